The number of aryl methyl sites for hydroxylation is 1. The second-order valence-corrected chi connectivity index (χ2v) is 5.61. The molecule has 6 heteroatoms. The van der Waals surface area contributed by atoms with E-state index in [-0.39, 0.29) is 0 Å². The van der Waals surface area contributed by atoms with Crippen molar-refractivity contribution in [2.24, 2.45) is 7.05 Å². The fraction of sp³-hybridized carbons (Fsp3) is 0.0833. The molecule has 0 fully saturated rings. The maximum atomic E-state index is 4.45. The number of benzene rings is 1. The van der Waals surface area contributed by atoms with Crippen molar-refractivity contribution in [3.05, 3.63) is 41.3 Å². The predicted molar refractivity (Wildman–Crippen MR) is 74.6 cm³/mol. The van der Waals surface area contributed by atoms with E-state index in [2.05, 4.69) is 37.2 Å². The van der Waals surface area contributed by atoms with Crippen LogP contribution in [0.3, 0.4) is 0 Å². The minimum absolute atomic E-state index is 0.825. The van der Waals surface area contributed by atoms with Gasteiger partial charge in [0.1, 0.15) is 10.9 Å². The fourth-order valence-corrected chi connectivity index (χ4v) is 3.16. The van der Waals surface area contributed by atoms with Crippen molar-refractivity contribution in [1.82, 2.24) is 19.7 Å². The summed E-state index contributed by atoms with van der Waals surface area (Å²) in [7, 11) is 1.93. The number of aromatic nitrogens is 4. The van der Waals surface area contributed by atoms with E-state index >= 15 is 0 Å². The van der Waals surface area contributed by atoms with E-state index in [4.69, 9.17) is 0 Å². The van der Waals surface area contributed by atoms with Crippen molar-refractivity contribution in [2.75, 3.05) is 0 Å². The molecule has 1 aromatic carbocycles. The van der Waals surface area contributed by atoms with Crippen LogP contribution in [0.1, 0.15) is 0 Å². The number of fused-ring (bicyclic) bond motifs is 1. The summed E-state index contributed by atoms with van der Waals surface area (Å²) in [4.78, 5) is 5.56. The van der Waals surface area contributed by atoms with Crippen LogP contribution in [0.5, 0.6) is 0 Å². The van der Waals surface area contributed by atoms with Crippen LogP contribution in [0.25, 0.3) is 10.9 Å². The maximum Gasteiger partial charge on any atom is 0.195 e. The third-order valence-electron chi connectivity index (χ3n) is 2.52. The second kappa shape index (κ2) is 4.70. The first-order valence-corrected chi connectivity index (χ1v) is 6.92. The molecule has 0 aliphatic carbocycles. The number of hydrogen-bond acceptors (Lipinski definition) is 4. The fourth-order valence-electron chi connectivity index (χ4n) is 1.66. The first-order valence-electron chi connectivity index (χ1n) is 5.31. The van der Waals surface area contributed by atoms with Gasteiger partial charge >= 0.3 is 0 Å². The van der Waals surface area contributed by atoms with Crippen LogP contribution in [0.2, 0.25) is 0 Å². The molecular weight excluding hydrogens is 312 g/mol. The molecule has 0 radical (unpaired) electrons. The van der Waals surface area contributed by atoms with Gasteiger partial charge in [0, 0.05) is 17.3 Å². The van der Waals surface area contributed by atoms with Gasteiger partial charge in [-0.25, -0.2) is 4.98 Å². The largest absolute Gasteiger partial charge is 0.311 e. The number of rotatable bonds is 2. The monoisotopic (exact) mass is 320 g/mol. The molecule has 2 aromatic heterocycles. The molecule has 0 aliphatic heterocycles. The zero-order chi connectivity index (χ0) is 12.5. The lowest BCUT2D eigenvalue weighted by Crippen LogP contribution is -1.90. The Labute approximate surface area is 117 Å². The lowest BCUT2D eigenvalue weighted by Gasteiger charge is -2.06. The van der Waals surface area contributed by atoms with Gasteiger partial charge in [-0.2, -0.15) is 0 Å². The first-order chi connectivity index (χ1) is 8.74. The van der Waals surface area contributed by atoms with Gasteiger partial charge in [0.15, 0.2) is 5.16 Å². The third-order valence-corrected chi connectivity index (χ3v) is 4.03. The van der Waals surface area contributed by atoms with Crippen LogP contribution in [-0.4, -0.2) is 19.7 Å². The molecule has 90 valence electrons. The highest BCUT2D eigenvalue weighted by atomic mass is 79.9. The SMILES string of the molecule is Cn1cnnc1Sc1cc(Br)nc2ccccc12. The zero-order valence-corrected chi connectivity index (χ0v) is 11.9. The highest BCUT2D eigenvalue weighted by molar-refractivity contribution is 9.10. The van der Waals surface area contributed by atoms with E-state index in [1.165, 1.54) is 0 Å². The van der Waals surface area contributed by atoms with Gasteiger partial charge in [-0.3, -0.25) is 0 Å². The number of hydrogen-bond donors (Lipinski definition) is 0. The van der Waals surface area contributed by atoms with Crippen LogP contribution < -0.4 is 0 Å². The molecule has 3 rings (SSSR count). The van der Waals surface area contributed by atoms with Gasteiger partial charge in [0.2, 0.25) is 0 Å². The molecular formula is C12H9BrN4S. The van der Waals surface area contributed by atoms with Gasteiger partial charge in [0.25, 0.3) is 0 Å². The molecule has 2 heterocycles. The van der Waals surface area contributed by atoms with Gasteiger partial charge < -0.3 is 4.57 Å². The third kappa shape index (κ3) is 2.13. The van der Waals surface area contributed by atoms with Gasteiger partial charge in [-0.1, -0.05) is 18.2 Å². The summed E-state index contributed by atoms with van der Waals surface area (Å²) in [6.45, 7) is 0. The summed E-state index contributed by atoms with van der Waals surface area (Å²) in [6.07, 6.45) is 1.70. The summed E-state index contributed by atoms with van der Waals surface area (Å²) in [5.41, 5.74) is 0.969. The van der Waals surface area contributed by atoms with E-state index in [1.807, 2.05) is 35.9 Å². The number of halogens is 1. The molecule has 18 heavy (non-hydrogen) atoms. The number of nitrogens with zero attached hydrogens (tertiary/aromatic N) is 4. The molecule has 0 aliphatic rings. The Morgan fingerprint density at radius 2 is 2.11 bits per heavy atom. The van der Waals surface area contributed by atoms with Crippen LogP contribution >= 0.6 is 27.7 Å². The standard InChI is InChI=1S/C12H9BrN4S/c1-17-7-14-16-12(17)18-10-6-11(13)15-9-5-3-2-4-8(9)10/h2-7H,1H3. The number of pyridine rings is 1. The molecule has 0 atom stereocenters. The predicted octanol–water partition coefficient (Wildman–Crippen LogP) is 3.28. The van der Waals surface area contributed by atoms with Crippen molar-refractivity contribution in [3.63, 3.8) is 0 Å². The molecule has 0 amide bonds. The lowest BCUT2D eigenvalue weighted by atomic mass is 10.2. The Hall–Kier alpha value is -1.40. The molecule has 3 aromatic rings. The highest BCUT2D eigenvalue weighted by Crippen LogP contribution is 2.33. The zero-order valence-electron chi connectivity index (χ0n) is 9.54. The molecule has 0 spiro atoms. The van der Waals surface area contributed by atoms with E-state index < -0.39 is 0 Å². The van der Waals surface area contributed by atoms with Crippen molar-refractivity contribution in [1.29, 1.82) is 0 Å². The van der Waals surface area contributed by atoms with Gasteiger partial charge in [0.05, 0.1) is 5.52 Å². The normalized spacial score (nSPS) is 11.0. The highest BCUT2D eigenvalue weighted by Gasteiger charge is 2.09. The van der Waals surface area contributed by atoms with E-state index in [1.54, 1.807) is 18.1 Å². The maximum absolute atomic E-state index is 4.45. The lowest BCUT2D eigenvalue weighted by molar-refractivity contribution is 0.789. The molecule has 0 bridgehead atoms. The molecule has 0 saturated heterocycles. The van der Waals surface area contributed by atoms with Crippen LogP contribution in [-0.2, 0) is 7.05 Å². The average Bonchev–Trinajstić information content (AvgIpc) is 2.75. The summed E-state index contributed by atoms with van der Waals surface area (Å²) >= 11 is 5.02. The quantitative estimate of drug-likeness (QED) is 0.680. The van der Waals surface area contributed by atoms with Crippen molar-refractivity contribution in [3.8, 4) is 0 Å². The van der Waals surface area contributed by atoms with E-state index in [9.17, 15) is 0 Å². The summed E-state index contributed by atoms with van der Waals surface area (Å²) in [5.74, 6) is 0. The van der Waals surface area contributed by atoms with Crippen molar-refractivity contribution < 1.29 is 0 Å². The Bertz CT molecular complexity index is 710. The van der Waals surface area contributed by atoms with Crippen LogP contribution in [0, 0.1) is 0 Å². The van der Waals surface area contributed by atoms with Crippen LogP contribution in [0.4, 0.5) is 0 Å². The Morgan fingerprint density at radius 1 is 1.28 bits per heavy atom. The van der Waals surface area contributed by atoms with E-state index in [0.29, 0.717) is 0 Å². The Balaban J connectivity index is 2.14. The first kappa shape index (κ1) is 11.7. The molecule has 0 saturated carbocycles. The van der Waals surface area contributed by atoms with Gasteiger partial charge in [-0.05, 0) is 39.8 Å². The average molecular weight is 321 g/mol. The minimum atomic E-state index is 0.825. The topological polar surface area (TPSA) is 43.6 Å². The molecule has 0 unspecified atom stereocenters. The van der Waals surface area contributed by atoms with Gasteiger partial charge in [-0.15, -0.1) is 10.2 Å². The summed E-state index contributed by atoms with van der Waals surface area (Å²) < 4.78 is 2.72. The number of para-hydroxylation sites is 1. The van der Waals surface area contributed by atoms with Crippen molar-refractivity contribution in [2.45, 2.75) is 10.1 Å². The second-order valence-electron chi connectivity index (χ2n) is 3.79. The molecule has 0 N–H and O–H groups in total. The van der Waals surface area contributed by atoms with Crippen molar-refractivity contribution >= 4 is 38.6 Å². The summed E-state index contributed by atoms with van der Waals surface area (Å²) in [6, 6.07) is 10.1. The smallest absolute Gasteiger partial charge is 0.195 e. The van der Waals surface area contributed by atoms with E-state index in [0.717, 1.165) is 25.6 Å². The minimum Gasteiger partial charge on any atom is -0.311 e. The Kier molecular flexibility index (Phi) is 3.05. The van der Waals surface area contributed by atoms with Crippen LogP contribution in [0.15, 0.2) is 51.3 Å². The summed E-state index contributed by atoms with van der Waals surface area (Å²) in [5, 5.41) is 9.95. The molecule has 4 nitrogen and oxygen atoms in total. The Morgan fingerprint density at radius 3 is 2.89 bits per heavy atom.